The van der Waals surface area contributed by atoms with Crippen LogP contribution in [0.25, 0.3) is 0 Å². The maximum absolute atomic E-state index is 6.01. The number of rotatable bonds is 4. The fourth-order valence-electron chi connectivity index (χ4n) is 2.50. The Bertz CT molecular complexity index is 354. The second-order valence-electron chi connectivity index (χ2n) is 4.62. The predicted molar refractivity (Wildman–Crippen MR) is 71.5 cm³/mol. The third-order valence-electron chi connectivity index (χ3n) is 3.33. The average molecular weight is 254 g/mol. The summed E-state index contributed by atoms with van der Waals surface area (Å²) < 4.78 is 5.59. The SMILES string of the molecule is CCN[C@@H]1CCOC[C@@H]1Cc1cccc(Cl)c1. The van der Waals surface area contributed by atoms with Crippen LogP contribution in [0.2, 0.25) is 5.02 Å². The second kappa shape index (κ2) is 6.39. The molecular formula is C14H20ClNO. The number of nitrogens with one attached hydrogen (secondary N) is 1. The fourth-order valence-corrected chi connectivity index (χ4v) is 2.71. The molecule has 0 amide bonds. The van der Waals surface area contributed by atoms with E-state index in [4.69, 9.17) is 16.3 Å². The molecule has 94 valence electrons. The van der Waals surface area contributed by atoms with Gasteiger partial charge in [-0.15, -0.1) is 0 Å². The largest absolute Gasteiger partial charge is 0.381 e. The maximum Gasteiger partial charge on any atom is 0.0512 e. The van der Waals surface area contributed by atoms with Crippen LogP contribution >= 0.6 is 11.6 Å². The van der Waals surface area contributed by atoms with Gasteiger partial charge in [0, 0.05) is 23.6 Å². The molecule has 1 heterocycles. The monoisotopic (exact) mass is 253 g/mol. The molecule has 1 aromatic carbocycles. The van der Waals surface area contributed by atoms with Crippen LogP contribution in [0, 0.1) is 5.92 Å². The average Bonchev–Trinajstić information content (AvgIpc) is 2.32. The van der Waals surface area contributed by atoms with Gasteiger partial charge in [-0.1, -0.05) is 30.7 Å². The molecule has 0 spiro atoms. The summed E-state index contributed by atoms with van der Waals surface area (Å²) in [5.74, 6) is 0.558. The quantitative estimate of drug-likeness (QED) is 0.891. The third kappa shape index (κ3) is 3.70. The molecule has 1 aliphatic rings. The zero-order chi connectivity index (χ0) is 12.1. The number of halogens is 1. The summed E-state index contributed by atoms with van der Waals surface area (Å²) in [6.45, 7) is 4.91. The van der Waals surface area contributed by atoms with E-state index >= 15 is 0 Å². The molecule has 1 fully saturated rings. The van der Waals surface area contributed by atoms with E-state index in [0.717, 1.165) is 37.6 Å². The normalized spacial score (nSPS) is 24.8. The predicted octanol–water partition coefficient (Wildman–Crippen LogP) is 2.90. The topological polar surface area (TPSA) is 21.3 Å². The summed E-state index contributed by atoms with van der Waals surface area (Å²) in [6.07, 6.45) is 2.15. The minimum absolute atomic E-state index is 0.558. The molecule has 3 heteroatoms. The summed E-state index contributed by atoms with van der Waals surface area (Å²) in [5, 5.41) is 4.38. The molecule has 2 atom stereocenters. The van der Waals surface area contributed by atoms with Gasteiger partial charge in [-0.3, -0.25) is 0 Å². The van der Waals surface area contributed by atoms with Gasteiger partial charge in [-0.25, -0.2) is 0 Å². The van der Waals surface area contributed by atoms with Crippen molar-refractivity contribution < 1.29 is 4.74 Å². The van der Waals surface area contributed by atoms with E-state index in [2.05, 4.69) is 24.4 Å². The van der Waals surface area contributed by atoms with Crippen LogP contribution in [0.4, 0.5) is 0 Å². The molecule has 1 N–H and O–H groups in total. The minimum Gasteiger partial charge on any atom is -0.381 e. The lowest BCUT2D eigenvalue weighted by molar-refractivity contribution is 0.0327. The Balaban J connectivity index is 2.00. The standard InChI is InChI=1S/C14H20ClNO/c1-2-16-14-6-7-17-10-12(14)8-11-4-3-5-13(15)9-11/h3-5,9,12,14,16H,2,6-8,10H2,1H3/t12-,14+/m0/s1. The Morgan fingerprint density at radius 1 is 1.47 bits per heavy atom. The Kier molecular flexibility index (Phi) is 4.84. The van der Waals surface area contributed by atoms with Gasteiger partial charge in [0.25, 0.3) is 0 Å². The second-order valence-corrected chi connectivity index (χ2v) is 5.06. The minimum atomic E-state index is 0.558. The smallest absolute Gasteiger partial charge is 0.0512 e. The summed E-state index contributed by atoms with van der Waals surface area (Å²) in [7, 11) is 0. The van der Waals surface area contributed by atoms with Gasteiger partial charge >= 0.3 is 0 Å². The van der Waals surface area contributed by atoms with E-state index in [-0.39, 0.29) is 0 Å². The molecular weight excluding hydrogens is 234 g/mol. The molecule has 0 radical (unpaired) electrons. The highest BCUT2D eigenvalue weighted by atomic mass is 35.5. The molecule has 1 aliphatic heterocycles. The van der Waals surface area contributed by atoms with Gasteiger partial charge in [0.15, 0.2) is 0 Å². The molecule has 2 nitrogen and oxygen atoms in total. The molecule has 1 saturated heterocycles. The first-order valence-electron chi connectivity index (χ1n) is 6.35. The van der Waals surface area contributed by atoms with Crippen LogP contribution in [0.15, 0.2) is 24.3 Å². The van der Waals surface area contributed by atoms with E-state index in [1.807, 2.05) is 12.1 Å². The highest BCUT2D eigenvalue weighted by Crippen LogP contribution is 2.21. The lowest BCUT2D eigenvalue weighted by Crippen LogP contribution is -2.43. The lowest BCUT2D eigenvalue weighted by atomic mass is 9.89. The van der Waals surface area contributed by atoms with E-state index in [9.17, 15) is 0 Å². The molecule has 0 saturated carbocycles. The van der Waals surface area contributed by atoms with E-state index in [1.54, 1.807) is 0 Å². The molecule has 0 bridgehead atoms. The van der Waals surface area contributed by atoms with Crippen LogP contribution in [-0.4, -0.2) is 25.8 Å². The van der Waals surface area contributed by atoms with Gasteiger partial charge < -0.3 is 10.1 Å². The maximum atomic E-state index is 6.01. The summed E-state index contributed by atoms with van der Waals surface area (Å²) in [4.78, 5) is 0. The van der Waals surface area contributed by atoms with Crippen molar-refractivity contribution in [1.29, 1.82) is 0 Å². The Hall–Kier alpha value is -0.570. The van der Waals surface area contributed by atoms with Crippen molar-refractivity contribution in [2.75, 3.05) is 19.8 Å². The van der Waals surface area contributed by atoms with Gasteiger partial charge in [0.2, 0.25) is 0 Å². The van der Waals surface area contributed by atoms with Gasteiger partial charge in [0.05, 0.1) is 6.61 Å². The van der Waals surface area contributed by atoms with Crippen LogP contribution in [0.5, 0.6) is 0 Å². The van der Waals surface area contributed by atoms with E-state index < -0.39 is 0 Å². The van der Waals surface area contributed by atoms with Gasteiger partial charge in [-0.2, -0.15) is 0 Å². The zero-order valence-corrected chi connectivity index (χ0v) is 11.0. The zero-order valence-electron chi connectivity index (χ0n) is 10.3. The first-order chi connectivity index (χ1) is 8.29. The summed E-state index contributed by atoms with van der Waals surface area (Å²) >= 11 is 6.01. The first-order valence-corrected chi connectivity index (χ1v) is 6.73. The third-order valence-corrected chi connectivity index (χ3v) is 3.56. The van der Waals surface area contributed by atoms with Crippen molar-refractivity contribution in [2.45, 2.75) is 25.8 Å². The fraction of sp³-hybridized carbons (Fsp3) is 0.571. The molecule has 1 aromatic rings. The van der Waals surface area contributed by atoms with Gasteiger partial charge in [0.1, 0.15) is 0 Å². The summed E-state index contributed by atoms with van der Waals surface area (Å²) in [6, 6.07) is 8.71. The Morgan fingerprint density at radius 3 is 3.12 bits per heavy atom. The van der Waals surface area contributed by atoms with Crippen LogP contribution in [0.3, 0.4) is 0 Å². The van der Waals surface area contributed by atoms with Crippen molar-refractivity contribution in [2.24, 2.45) is 5.92 Å². The number of hydrogen-bond acceptors (Lipinski definition) is 2. The van der Waals surface area contributed by atoms with Crippen LogP contribution in [0.1, 0.15) is 18.9 Å². The van der Waals surface area contributed by atoms with Crippen LogP contribution < -0.4 is 5.32 Å². The molecule has 0 unspecified atom stereocenters. The Labute approximate surface area is 108 Å². The number of hydrogen-bond donors (Lipinski definition) is 1. The molecule has 17 heavy (non-hydrogen) atoms. The number of benzene rings is 1. The van der Waals surface area contributed by atoms with Crippen molar-refractivity contribution >= 4 is 11.6 Å². The van der Waals surface area contributed by atoms with E-state index in [1.165, 1.54) is 5.56 Å². The first kappa shape index (κ1) is 12.9. The van der Waals surface area contributed by atoms with Crippen molar-refractivity contribution in [3.8, 4) is 0 Å². The van der Waals surface area contributed by atoms with Gasteiger partial charge in [-0.05, 0) is 37.1 Å². The van der Waals surface area contributed by atoms with E-state index in [0.29, 0.717) is 12.0 Å². The highest BCUT2D eigenvalue weighted by Gasteiger charge is 2.24. The number of ether oxygens (including phenoxy) is 1. The molecule has 2 rings (SSSR count). The van der Waals surface area contributed by atoms with Crippen molar-refractivity contribution in [3.05, 3.63) is 34.9 Å². The Morgan fingerprint density at radius 2 is 2.35 bits per heavy atom. The molecule has 0 aromatic heterocycles. The molecule has 0 aliphatic carbocycles. The summed E-state index contributed by atoms with van der Waals surface area (Å²) in [5.41, 5.74) is 1.30. The van der Waals surface area contributed by atoms with Crippen LogP contribution in [-0.2, 0) is 11.2 Å². The lowest BCUT2D eigenvalue weighted by Gasteiger charge is -2.32. The highest BCUT2D eigenvalue weighted by molar-refractivity contribution is 6.30. The van der Waals surface area contributed by atoms with Crippen molar-refractivity contribution in [1.82, 2.24) is 5.32 Å². The van der Waals surface area contributed by atoms with Crippen molar-refractivity contribution in [3.63, 3.8) is 0 Å².